The Kier molecular flexibility index (Phi) is 3.70. The molecule has 0 aliphatic carbocycles. The molecule has 0 aliphatic heterocycles. The zero-order valence-corrected chi connectivity index (χ0v) is 6.58. The lowest BCUT2D eigenvalue weighted by Gasteiger charge is -2.01. The van der Waals surface area contributed by atoms with Crippen LogP contribution in [0.1, 0.15) is 20.3 Å². The smallest absolute Gasteiger partial charge is 0.125 e. The fourth-order valence-corrected chi connectivity index (χ4v) is 0.587. The Balaban J connectivity index is 4.45. The van der Waals surface area contributed by atoms with Crippen LogP contribution >= 0.6 is 0 Å². The Morgan fingerprint density at radius 1 is 1.60 bits per heavy atom. The summed E-state index contributed by atoms with van der Waals surface area (Å²) < 4.78 is 12.7. The summed E-state index contributed by atoms with van der Waals surface area (Å²) in [4.78, 5) is 0. The summed E-state index contributed by atoms with van der Waals surface area (Å²) in [6.45, 7) is 10.7. The maximum absolute atomic E-state index is 12.7. The zero-order chi connectivity index (χ0) is 8.15. The highest BCUT2D eigenvalue weighted by Gasteiger charge is 1.98. The van der Waals surface area contributed by atoms with Gasteiger partial charge in [-0.15, -0.1) is 0 Å². The van der Waals surface area contributed by atoms with Crippen LogP contribution in [-0.2, 0) is 0 Å². The summed E-state index contributed by atoms with van der Waals surface area (Å²) in [6.07, 6.45) is 1.99. The molecular weight excluding hydrogens is 127 g/mol. The third-order valence-corrected chi connectivity index (χ3v) is 1.49. The molecule has 0 aromatic rings. The summed E-state index contributed by atoms with van der Waals surface area (Å²) in [5, 5.41) is 0. The van der Waals surface area contributed by atoms with Crippen molar-refractivity contribution < 1.29 is 4.39 Å². The highest BCUT2D eigenvalue weighted by atomic mass is 19.1. The molecule has 0 unspecified atom stereocenters. The van der Waals surface area contributed by atoms with E-state index in [4.69, 9.17) is 0 Å². The topological polar surface area (TPSA) is 0 Å². The maximum atomic E-state index is 12.7. The second-order valence-electron chi connectivity index (χ2n) is 2.13. The summed E-state index contributed by atoms with van der Waals surface area (Å²) >= 11 is 0. The lowest BCUT2D eigenvalue weighted by Crippen LogP contribution is -1.83. The van der Waals surface area contributed by atoms with Crippen LogP contribution in [0.25, 0.3) is 0 Å². The molecule has 0 saturated heterocycles. The number of allylic oxidation sites excluding steroid dienone is 4. The predicted octanol–water partition coefficient (Wildman–Crippen LogP) is 3.38. The van der Waals surface area contributed by atoms with E-state index < -0.39 is 0 Å². The molecule has 0 spiro atoms. The van der Waals surface area contributed by atoms with Gasteiger partial charge in [0.05, 0.1) is 0 Å². The quantitative estimate of drug-likeness (QED) is 0.527. The molecule has 0 fully saturated rings. The van der Waals surface area contributed by atoms with E-state index in [9.17, 15) is 4.39 Å². The molecule has 0 radical (unpaired) electrons. The van der Waals surface area contributed by atoms with E-state index in [-0.39, 0.29) is 5.83 Å². The van der Waals surface area contributed by atoms with Crippen LogP contribution in [0, 0.1) is 0 Å². The predicted molar refractivity (Wildman–Crippen MR) is 43.4 cm³/mol. The highest BCUT2D eigenvalue weighted by molar-refractivity contribution is 5.32. The van der Waals surface area contributed by atoms with Crippen molar-refractivity contribution in [3.05, 3.63) is 36.2 Å². The van der Waals surface area contributed by atoms with E-state index in [1.807, 2.05) is 6.92 Å². The Morgan fingerprint density at radius 3 is 2.40 bits per heavy atom. The van der Waals surface area contributed by atoms with Gasteiger partial charge in [0.1, 0.15) is 5.83 Å². The van der Waals surface area contributed by atoms with Crippen LogP contribution in [0.5, 0.6) is 0 Å². The zero-order valence-electron chi connectivity index (χ0n) is 6.58. The van der Waals surface area contributed by atoms with Gasteiger partial charge in [0.2, 0.25) is 0 Å². The molecule has 0 rings (SSSR count). The SMILES string of the molecule is C=C/C(F)=C(/C)C(=C)CC. The minimum atomic E-state index is -0.271. The van der Waals surface area contributed by atoms with E-state index >= 15 is 0 Å². The minimum absolute atomic E-state index is 0.271. The van der Waals surface area contributed by atoms with Crippen LogP contribution in [0.2, 0.25) is 0 Å². The Labute approximate surface area is 61.8 Å². The van der Waals surface area contributed by atoms with Gasteiger partial charge in [-0.1, -0.05) is 20.1 Å². The van der Waals surface area contributed by atoms with E-state index in [0.29, 0.717) is 5.57 Å². The van der Waals surface area contributed by atoms with Gasteiger partial charge >= 0.3 is 0 Å². The van der Waals surface area contributed by atoms with E-state index in [2.05, 4.69) is 13.2 Å². The Hall–Kier alpha value is -0.850. The Bertz CT molecular complexity index is 175. The third-order valence-electron chi connectivity index (χ3n) is 1.49. The fourth-order valence-electron chi connectivity index (χ4n) is 0.587. The molecule has 0 aliphatic rings. The first-order valence-electron chi connectivity index (χ1n) is 3.30. The summed E-state index contributed by atoms with van der Waals surface area (Å²) in [7, 11) is 0. The molecule has 0 nitrogen and oxygen atoms in total. The average molecular weight is 140 g/mol. The standard InChI is InChI=1S/C9H13F/c1-5-7(3)8(4)9(10)6-2/h6H,2-3,5H2,1,4H3/b9-8+. The fraction of sp³-hybridized carbons (Fsp3) is 0.333. The van der Waals surface area contributed by atoms with Gasteiger partial charge in [0.25, 0.3) is 0 Å². The van der Waals surface area contributed by atoms with Crippen molar-refractivity contribution in [3.63, 3.8) is 0 Å². The van der Waals surface area contributed by atoms with Crippen molar-refractivity contribution in [2.75, 3.05) is 0 Å². The van der Waals surface area contributed by atoms with Crippen LogP contribution in [0.3, 0.4) is 0 Å². The first kappa shape index (κ1) is 9.15. The molecule has 1 heteroatoms. The van der Waals surface area contributed by atoms with Crippen LogP contribution in [0.15, 0.2) is 36.2 Å². The van der Waals surface area contributed by atoms with Gasteiger partial charge in [0.15, 0.2) is 0 Å². The van der Waals surface area contributed by atoms with Crippen LogP contribution in [0.4, 0.5) is 4.39 Å². The molecule has 0 aromatic heterocycles. The van der Waals surface area contributed by atoms with Crippen molar-refractivity contribution in [3.8, 4) is 0 Å². The number of halogens is 1. The summed E-state index contributed by atoms with van der Waals surface area (Å²) in [6, 6.07) is 0. The van der Waals surface area contributed by atoms with Crippen molar-refractivity contribution in [1.29, 1.82) is 0 Å². The molecule has 56 valence electrons. The molecular formula is C9H13F. The number of hydrogen-bond acceptors (Lipinski definition) is 0. The highest BCUT2D eigenvalue weighted by Crippen LogP contribution is 2.16. The van der Waals surface area contributed by atoms with E-state index in [1.165, 1.54) is 6.08 Å². The largest absolute Gasteiger partial charge is 0.207 e. The van der Waals surface area contributed by atoms with Crippen LogP contribution in [-0.4, -0.2) is 0 Å². The monoisotopic (exact) mass is 140 g/mol. The minimum Gasteiger partial charge on any atom is -0.207 e. The van der Waals surface area contributed by atoms with Gasteiger partial charge in [-0.3, -0.25) is 0 Å². The molecule has 0 heterocycles. The van der Waals surface area contributed by atoms with Gasteiger partial charge in [-0.05, 0) is 30.6 Å². The lowest BCUT2D eigenvalue weighted by molar-refractivity contribution is 0.655. The van der Waals surface area contributed by atoms with Crippen molar-refractivity contribution in [2.24, 2.45) is 0 Å². The second-order valence-corrected chi connectivity index (χ2v) is 2.13. The van der Waals surface area contributed by atoms with E-state index in [1.54, 1.807) is 6.92 Å². The molecule has 0 amide bonds. The summed E-state index contributed by atoms with van der Waals surface area (Å²) in [5.74, 6) is -0.271. The number of rotatable bonds is 3. The lowest BCUT2D eigenvalue weighted by atomic mass is 10.1. The maximum Gasteiger partial charge on any atom is 0.125 e. The van der Waals surface area contributed by atoms with Gasteiger partial charge in [-0.25, -0.2) is 4.39 Å². The molecule has 0 saturated carbocycles. The molecule has 10 heavy (non-hydrogen) atoms. The second kappa shape index (κ2) is 4.04. The average Bonchev–Trinajstić information content (AvgIpc) is 2.00. The van der Waals surface area contributed by atoms with Crippen molar-refractivity contribution >= 4 is 0 Å². The first-order valence-corrected chi connectivity index (χ1v) is 3.30. The van der Waals surface area contributed by atoms with Gasteiger partial charge < -0.3 is 0 Å². The Morgan fingerprint density at radius 2 is 2.10 bits per heavy atom. The molecule has 0 aromatic carbocycles. The van der Waals surface area contributed by atoms with Gasteiger partial charge in [0, 0.05) is 0 Å². The van der Waals surface area contributed by atoms with Crippen molar-refractivity contribution in [2.45, 2.75) is 20.3 Å². The first-order chi connectivity index (χ1) is 4.63. The third kappa shape index (κ3) is 2.18. The summed E-state index contributed by atoms with van der Waals surface area (Å²) in [5.41, 5.74) is 1.44. The number of hydrogen-bond donors (Lipinski definition) is 0. The van der Waals surface area contributed by atoms with Crippen molar-refractivity contribution in [1.82, 2.24) is 0 Å². The molecule has 0 bridgehead atoms. The van der Waals surface area contributed by atoms with E-state index in [0.717, 1.165) is 12.0 Å². The van der Waals surface area contributed by atoms with Gasteiger partial charge in [-0.2, -0.15) is 0 Å². The van der Waals surface area contributed by atoms with Crippen LogP contribution < -0.4 is 0 Å². The normalized spacial score (nSPS) is 12.3. The molecule has 0 N–H and O–H groups in total. The molecule has 0 atom stereocenters.